The number of fused-ring (bicyclic) bond motifs is 6. The van der Waals surface area contributed by atoms with Crippen LogP contribution in [-0.4, -0.2) is 15.0 Å². The third kappa shape index (κ3) is 5.72. The van der Waals surface area contributed by atoms with Crippen LogP contribution in [0.4, 0.5) is 0 Å². The van der Waals surface area contributed by atoms with Gasteiger partial charge in [0.2, 0.25) is 0 Å². The Balaban J connectivity index is 1.10. The molecule has 0 saturated heterocycles. The molecule has 0 fully saturated rings. The number of nitrogens with zero attached hydrogens (tertiary/aromatic N) is 3. The van der Waals surface area contributed by atoms with Crippen LogP contribution < -0.4 is 0 Å². The minimum atomic E-state index is 0.560. The fourth-order valence-electron chi connectivity index (χ4n) is 9.25. The van der Waals surface area contributed by atoms with Crippen molar-refractivity contribution in [2.24, 2.45) is 0 Å². The van der Waals surface area contributed by atoms with Gasteiger partial charge in [-0.3, -0.25) is 0 Å². The Morgan fingerprint density at radius 3 is 1.33 bits per heavy atom. The normalized spacial score (nSPS) is 11.6. The number of furan rings is 1. The van der Waals surface area contributed by atoms with Gasteiger partial charge in [-0.05, 0) is 83.9 Å². The van der Waals surface area contributed by atoms with Gasteiger partial charge < -0.3 is 4.42 Å². The lowest BCUT2D eigenvalue weighted by Gasteiger charge is -2.21. The summed E-state index contributed by atoms with van der Waals surface area (Å²) in [6.07, 6.45) is 0. The van der Waals surface area contributed by atoms with E-state index < -0.39 is 0 Å². The Morgan fingerprint density at radius 1 is 0.246 bits per heavy atom. The minimum Gasteiger partial charge on any atom is -0.455 e. The van der Waals surface area contributed by atoms with Crippen LogP contribution >= 0.6 is 0 Å². The summed E-state index contributed by atoms with van der Waals surface area (Å²) in [5, 5.41) is 9.09. The molecule has 0 aliphatic rings. The van der Waals surface area contributed by atoms with Crippen molar-refractivity contribution in [1.82, 2.24) is 15.0 Å². The summed E-state index contributed by atoms with van der Waals surface area (Å²) in [6, 6.07) is 74.8. The number of hydrogen-bond donors (Lipinski definition) is 0. The average molecular weight is 778 g/mol. The second-order valence-electron chi connectivity index (χ2n) is 15.4. The van der Waals surface area contributed by atoms with Gasteiger partial charge in [-0.15, -0.1) is 0 Å². The number of para-hydroxylation sites is 2. The topological polar surface area (TPSA) is 51.8 Å². The third-order valence-corrected chi connectivity index (χ3v) is 12.0. The Kier molecular flexibility index (Phi) is 8.13. The van der Waals surface area contributed by atoms with Crippen molar-refractivity contribution in [2.75, 3.05) is 0 Å². The zero-order valence-electron chi connectivity index (χ0n) is 33.0. The molecule has 61 heavy (non-hydrogen) atoms. The second kappa shape index (κ2) is 14.3. The molecule has 2 aromatic heterocycles. The summed E-state index contributed by atoms with van der Waals surface area (Å²) in [5.41, 5.74) is 11.5. The zero-order valence-corrected chi connectivity index (χ0v) is 33.0. The highest BCUT2D eigenvalue weighted by Crippen LogP contribution is 2.48. The fourth-order valence-corrected chi connectivity index (χ4v) is 9.25. The van der Waals surface area contributed by atoms with Crippen LogP contribution in [0.15, 0.2) is 217 Å². The number of rotatable bonds is 6. The van der Waals surface area contributed by atoms with Crippen LogP contribution in [-0.2, 0) is 0 Å². The van der Waals surface area contributed by atoms with Gasteiger partial charge >= 0.3 is 0 Å². The smallest absolute Gasteiger partial charge is 0.167 e. The van der Waals surface area contributed by atoms with Gasteiger partial charge in [-0.2, -0.15) is 0 Å². The minimum absolute atomic E-state index is 0.560. The number of benzene rings is 10. The van der Waals surface area contributed by atoms with E-state index in [0.29, 0.717) is 17.5 Å². The first-order valence-electron chi connectivity index (χ1n) is 20.6. The van der Waals surface area contributed by atoms with E-state index in [-0.39, 0.29) is 0 Å². The maximum Gasteiger partial charge on any atom is 0.167 e. The van der Waals surface area contributed by atoms with Gasteiger partial charge in [-0.1, -0.05) is 194 Å². The molecule has 0 aliphatic carbocycles. The van der Waals surface area contributed by atoms with Gasteiger partial charge in [0.15, 0.2) is 17.5 Å². The van der Waals surface area contributed by atoms with Crippen molar-refractivity contribution < 1.29 is 4.42 Å². The van der Waals surface area contributed by atoms with Gasteiger partial charge in [-0.25, -0.2) is 15.0 Å². The highest BCUT2D eigenvalue weighted by atomic mass is 16.3. The summed E-state index contributed by atoms with van der Waals surface area (Å²) in [5.74, 6) is 1.76. The molecule has 0 atom stereocenters. The molecular weight excluding hydrogens is 743 g/mol. The fraction of sp³-hybridized carbons (Fsp3) is 0. The lowest BCUT2D eigenvalue weighted by molar-refractivity contribution is 0.669. The molecule has 0 N–H and O–H groups in total. The van der Waals surface area contributed by atoms with Gasteiger partial charge in [0.25, 0.3) is 0 Å². The molecule has 4 nitrogen and oxygen atoms in total. The van der Waals surface area contributed by atoms with E-state index in [4.69, 9.17) is 19.4 Å². The molecule has 0 spiro atoms. The van der Waals surface area contributed by atoms with Crippen LogP contribution in [0.5, 0.6) is 0 Å². The summed E-state index contributed by atoms with van der Waals surface area (Å²) in [6.45, 7) is 0. The first-order chi connectivity index (χ1) is 30.3. The third-order valence-electron chi connectivity index (χ3n) is 12.0. The van der Waals surface area contributed by atoms with Crippen molar-refractivity contribution in [3.63, 3.8) is 0 Å². The van der Waals surface area contributed by atoms with E-state index in [2.05, 4.69) is 158 Å². The van der Waals surface area contributed by atoms with Gasteiger partial charge in [0.1, 0.15) is 11.2 Å². The first-order valence-corrected chi connectivity index (χ1v) is 20.6. The second-order valence-corrected chi connectivity index (χ2v) is 15.4. The monoisotopic (exact) mass is 777 g/mol. The highest BCUT2D eigenvalue weighted by molar-refractivity contribution is 6.25. The van der Waals surface area contributed by atoms with Crippen LogP contribution in [0.1, 0.15) is 0 Å². The molecule has 0 saturated carbocycles. The maximum absolute atomic E-state index is 6.50. The van der Waals surface area contributed by atoms with E-state index in [1.54, 1.807) is 0 Å². The first kappa shape index (κ1) is 34.8. The molecule has 0 aliphatic heterocycles. The molecule has 4 heteroatoms. The summed E-state index contributed by atoms with van der Waals surface area (Å²) in [4.78, 5) is 15.6. The van der Waals surface area contributed by atoms with Crippen molar-refractivity contribution in [2.45, 2.75) is 0 Å². The predicted molar refractivity (Wildman–Crippen MR) is 252 cm³/mol. The van der Waals surface area contributed by atoms with Crippen LogP contribution in [0, 0.1) is 0 Å². The quantitative estimate of drug-likeness (QED) is 0.158. The lowest BCUT2D eigenvalue weighted by atomic mass is 9.82. The molecule has 0 bridgehead atoms. The standard InChI is InChI=1S/C57H35N3O/c1-3-18-36(19-4-1)38-22-7-10-26-42(38)52-43-27-11-13-29-45(43)53(46-30-14-12-28-44(46)52)47-34-35-49(40-24-9-8-23-39(40)47)56-58-55(37-20-5-2-6-21-37)59-57(60-56)50-32-17-31-48-41-25-15-16-33-51(41)61-54(48)50/h1-35H. The van der Waals surface area contributed by atoms with E-state index in [9.17, 15) is 0 Å². The van der Waals surface area contributed by atoms with Crippen molar-refractivity contribution in [1.29, 1.82) is 0 Å². The van der Waals surface area contributed by atoms with Gasteiger partial charge in [0, 0.05) is 21.9 Å². The SMILES string of the molecule is c1ccc(-c2nc(-c3ccc(-c4c5ccccc5c(-c5ccccc5-c5ccccc5)c5ccccc45)c4ccccc34)nc(-c3cccc4c3oc3ccccc34)n2)cc1. The summed E-state index contributed by atoms with van der Waals surface area (Å²) < 4.78 is 6.50. The summed E-state index contributed by atoms with van der Waals surface area (Å²) in [7, 11) is 0. The van der Waals surface area contributed by atoms with Gasteiger partial charge in [0.05, 0.1) is 5.56 Å². The Hall–Kier alpha value is -8.21. The van der Waals surface area contributed by atoms with Crippen molar-refractivity contribution in [3.05, 3.63) is 212 Å². The Bertz CT molecular complexity index is 3590. The Morgan fingerprint density at radius 2 is 0.672 bits per heavy atom. The van der Waals surface area contributed by atoms with E-state index in [0.717, 1.165) is 55.0 Å². The molecule has 0 unspecified atom stereocenters. The van der Waals surface area contributed by atoms with Crippen LogP contribution in [0.3, 0.4) is 0 Å². The van der Waals surface area contributed by atoms with Crippen LogP contribution in [0.25, 0.3) is 122 Å². The lowest BCUT2D eigenvalue weighted by Crippen LogP contribution is -2.01. The maximum atomic E-state index is 6.50. The molecule has 12 rings (SSSR count). The molecule has 0 radical (unpaired) electrons. The van der Waals surface area contributed by atoms with Crippen LogP contribution in [0.2, 0.25) is 0 Å². The van der Waals surface area contributed by atoms with Crippen molar-refractivity contribution in [3.8, 4) is 67.5 Å². The Labute approximate surface area is 352 Å². The van der Waals surface area contributed by atoms with E-state index in [1.165, 1.54) is 49.4 Å². The van der Waals surface area contributed by atoms with E-state index in [1.807, 2.05) is 54.6 Å². The number of aromatic nitrogens is 3. The largest absolute Gasteiger partial charge is 0.455 e. The molecular formula is C57H35N3O. The highest BCUT2D eigenvalue weighted by Gasteiger charge is 2.22. The van der Waals surface area contributed by atoms with E-state index >= 15 is 0 Å². The summed E-state index contributed by atoms with van der Waals surface area (Å²) >= 11 is 0. The molecule has 0 amide bonds. The predicted octanol–water partition coefficient (Wildman–Crippen LogP) is 15.2. The molecule has 2 heterocycles. The van der Waals surface area contributed by atoms with Crippen molar-refractivity contribution >= 4 is 54.3 Å². The zero-order chi connectivity index (χ0) is 40.3. The molecule has 12 aromatic rings. The average Bonchev–Trinajstić information content (AvgIpc) is 3.72. The molecule has 284 valence electrons. The number of hydrogen-bond acceptors (Lipinski definition) is 4. The molecule has 10 aromatic carbocycles.